The molecule has 60 heavy (non-hydrogen) atoms. The van der Waals surface area contributed by atoms with Crippen LogP contribution in [0.5, 0.6) is 0 Å². The van der Waals surface area contributed by atoms with Gasteiger partial charge in [-0.2, -0.15) is 0 Å². The van der Waals surface area contributed by atoms with Crippen molar-refractivity contribution in [2.24, 2.45) is 0 Å². The molecule has 6 nitrogen and oxygen atoms in total. The van der Waals surface area contributed by atoms with E-state index in [0.29, 0.717) is 19.3 Å². The Balaban J connectivity index is 4.61. The molecule has 0 spiro atoms. The molecule has 0 saturated carbocycles. The molecule has 3 N–H and O–H groups in total. The molecule has 0 bridgehead atoms. The smallest absolute Gasteiger partial charge is 0.306 e. The number of carbonyl (C=O) groups excluding carboxylic acids is 2. The van der Waals surface area contributed by atoms with Crippen LogP contribution in [-0.4, -0.2) is 46.9 Å². The summed E-state index contributed by atoms with van der Waals surface area (Å²) in [6, 6.07) is -0.715. The third-order valence-corrected chi connectivity index (χ3v) is 11.4. The second-order valence-corrected chi connectivity index (χ2v) is 17.3. The molecule has 0 heterocycles. The highest BCUT2D eigenvalue weighted by atomic mass is 16.5. The van der Waals surface area contributed by atoms with E-state index in [4.69, 9.17) is 4.74 Å². The van der Waals surface area contributed by atoms with Crippen molar-refractivity contribution >= 4 is 11.9 Å². The number of nitrogens with one attached hydrogen (secondary N) is 1. The highest BCUT2D eigenvalue weighted by Gasteiger charge is 2.24. The highest BCUT2D eigenvalue weighted by molar-refractivity contribution is 5.77. The van der Waals surface area contributed by atoms with Crippen LogP contribution in [0.3, 0.4) is 0 Å². The average molecular weight is 840 g/mol. The third kappa shape index (κ3) is 42.3. The number of hydrogen-bond donors (Lipinski definition) is 3. The first-order valence-corrected chi connectivity index (χ1v) is 25.6. The van der Waals surface area contributed by atoms with Crippen molar-refractivity contribution in [3.63, 3.8) is 0 Å². The second kappa shape index (κ2) is 47.6. The predicted molar refractivity (Wildman–Crippen MR) is 259 cm³/mol. The lowest BCUT2D eigenvalue weighted by Crippen LogP contribution is -2.46. The zero-order chi connectivity index (χ0) is 43.8. The van der Waals surface area contributed by atoms with Crippen LogP contribution in [0, 0.1) is 0 Å². The van der Waals surface area contributed by atoms with Crippen LogP contribution >= 0.6 is 0 Å². The maximum atomic E-state index is 13.2. The zero-order valence-electron chi connectivity index (χ0n) is 39.6. The van der Waals surface area contributed by atoms with Crippen molar-refractivity contribution in [1.82, 2.24) is 5.32 Å². The van der Waals surface area contributed by atoms with Gasteiger partial charge in [0, 0.05) is 6.42 Å². The van der Waals surface area contributed by atoms with Crippen LogP contribution in [0.4, 0.5) is 0 Å². The lowest BCUT2D eigenvalue weighted by molar-refractivity contribution is -0.151. The van der Waals surface area contributed by atoms with Gasteiger partial charge in [0.1, 0.15) is 6.10 Å². The van der Waals surface area contributed by atoms with E-state index in [1.165, 1.54) is 128 Å². The lowest BCUT2D eigenvalue weighted by Gasteiger charge is -2.24. The largest absolute Gasteiger partial charge is 0.462 e. The molecule has 1 amide bonds. The number of amides is 1. The number of allylic oxidation sites excluding steroid dienone is 10. The second-order valence-electron chi connectivity index (χ2n) is 17.3. The van der Waals surface area contributed by atoms with Gasteiger partial charge in [-0.1, -0.05) is 223 Å². The first-order valence-electron chi connectivity index (χ1n) is 25.6. The molecule has 0 rings (SSSR count). The molecule has 348 valence electrons. The van der Waals surface area contributed by atoms with Crippen molar-refractivity contribution in [2.75, 3.05) is 6.61 Å². The van der Waals surface area contributed by atoms with E-state index < -0.39 is 18.2 Å². The zero-order valence-corrected chi connectivity index (χ0v) is 39.6. The Morgan fingerprint density at radius 3 is 1.43 bits per heavy atom. The molecular formula is C54H97NO5. The Morgan fingerprint density at radius 2 is 0.917 bits per heavy atom. The van der Waals surface area contributed by atoms with Crippen LogP contribution in [0.25, 0.3) is 0 Å². The highest BCUT2D eigenvalue weighted by Crippen LogP contribution is 2.17. The Labute approximate surface area is 371 Å². The van der Waals surface area contributed by atoms with Gasteiger partial charge in [-0.15, -0.1) is 0 Å². The fourth-order valence-corrected chi connectivity index (χ4v) is 7.55. The number of rotatable bonds is 45. The predicted octanol–water partition coefficient (Wildman–Crippen LogP) is 15.2. The van der Waals surface area contributed by atoms with Crippen LogP contribution in [-0.2, 0) is 14.3 Å². The molecule has 3 atom stereocenters. The van der Waals surface area contributed by atoms with Gasteiger partial charge in [-0.3, -0.25) is 9.59 Å². The number of aliphatic hydroxyl groups excluding tert-OH is 2. The van der Waals surface area contributed by atoms with E-state index >= 15 is 0 Å². The molecule has 6 heteroatoms. The number of ether oxygens (including phenoxy) is 1. The summed E-state index contributed by atoms with van der Waals surface area (Å²) in [6.07, 6.45) is 58.5. The van der Waals surface area contributed by atoms with Gasteiger partial charge in [-0.05, 0) is 70.6 Å². The Bertz CT molecular complexity index is 1080. The summed E-state index contributed by atoms with van der Waals surface area (Å²) in [4.78, 5) is 26.1. The number of unbranched alkanes of at least 4 members (excludes halogenated alkanes) is 26. The Morgan fingerprint density at radius 1 is 0.500 bits per heavy atom. The summed E-state index contributed by atoms with van der Waals surface area (Å²) >= 11 is 0. The first-order chi connectivity index (χ1) is 29.5. The van der Waals surface area contributed by atoms with Crippen LogP contribution < -0.4 is 5.32 Å². The van der Waals surface area contributed by atoms with Gasteiger partial charge in [0.05, 0.1) is 25.2 Å². The minimum Gasteiger partial charge on any atom is -0.462 e. The van der Waals surface area contributed by atoms with Crippen molar-refractivity contribution in [3.8, 4) is 0 Å². The summed E-state index contributed by atoms with van der Waals surface area (Å²) in [5.41, 5.74) is 0. The molecule has 0 fully saturated rings. The van der Waals surface area contributed by atoms with Gasteiger partial charge in [-0.25, -0.2) is 0 Å². The normalized spacial score (nSPS) is 13.8. The van der Waals surface area contributed by atoms with Crippen LogP contribution in [0.2, 0.25) is 0 Å². The minimum atomic E-state index is -0.799. The molecule has 3 unspecified atom stereocenters. The van der Waals surface area contributed by atoms with Crippen molar-refractivity contribution in [1.29, 1.82) is 0 Å². The topological polar surface area (TPSA) is 95.9 Å². The molecular weight excluding hydrogens is 743 g/mol. The van der Waals surface area contributed by atoms with Crippen molar-refractivity contribution < 1.29 is 24.5 Å². The molecule has 0 radical (unpaired) electrons. The summed E-state index contributed by atoms with van der Waals surface area (Å²) in [7, 11) is 0. The number of carbonyl (C=O) groups is 2. The average Bonchev–Trinajstić information content (AvgIpc) is 3.24. The molecule has 0 aromatic rings. The molecule has 0 aromatic carbocycles. The van der Waals surface area contributed by atoms with Gasteiger partial charge < -0.3 is 20.3 Å². The van der Waals surface area contributed by atoms with Gasteiger partial charge in [0.25, 0.3) is 0 Å². The van der Waals surface area contributed by atoms with Crippen molar-refractivity contribution in [3.05, 3.63) is 60.8 Å². The maximum absolute atomic E-state index is 13.2. The number of aliphatic hydroxyl groups is 2. The Hall–Kier alpha value is -2.44. The van der Waals surface area contributed by atoms with Crippen molar-refractivity contribution in [2.45, 2.75) is 264 Å². The molecule has 0 aromatic heterocycles. The minimum absolute atomic E-state index is 0.0489. The van der Waals surface area contributed by atoms with Crippen LogP contribution in [0.15, 0.2) is 60.8 Å². The lowest BCUT2D eigenvalue weighted by atomic mass is 10.0. The summed E-state index contributed by atoms with van der Waals surface area (Å²) in [6.45, 7) is 6.32. The van der Waals surface area contributed by atoms with E-state index in [1.54, 1.807) is 0 Å². The maximum Gasteiger partial charge on any atom is 0.306 e. The fourth-order valence-electron chi connectivity index (χ4n) is 7.55. The molecule has 0 aliphatic heterocycles. The molecule has 0 saturated heterocycles. The third-order valence-electron chi connectivity index (χ3n) is 11.4. The number of esters is 1. The summed E-state index contributed by atoms with van der Waals surface area (Å²) < 4.78 is 5.91. The van der Waals surface area contributed by atoms with E-state index in [-0.39, 0.29) is 24.9 Å². The standard InChI is InChI=1S/C54H97NO5/c1-4-7-10-13-16-19-22-24-25-26-27-29-32-35-38-41-44-47-54(59)60-50(45-42-39-36-33-31-28-23-20-17-14-11-8-5-2)48-53(58)55-51(49-56)52(57)46-43-40-37-34-30-21-18-15-12-9-6-3/h8,11,14,17,20,23-25,28,31,50-52,56-57H,4-7,9-10,12-13,15-16,18-19,21-22,26-27,29-30,32-49H2,1-3H3,(H,55,58)/b11-8+,17-14+,23-20+,25-24+,31-28-. The quantitative estimate of drug-likeness (QED) is 0.0246. The number of hydrogen-bond acceptors (Lipinski definition) is 5. The molecule has 0 aliphatic carbocycles. The van der Waals surface area contributed by atoms with Gasteiger partial charge in [0.2, 0.25) is 5.91 Å². The van der Waals surface area contributed by atoms with Crippen LogP contribution in [0.1, 0.15) is 245 Å². The van der Waals surface area contributed by atoms with Gasteiger partial charge >= 0.3 is 5.97 Å². The summed E-state index contributed by atoms with van der Waals surface area (Å²) in [5, 5.41) is 23.7. The van der Waals surface area contributed by atoms with E-state index in [2.05, 4.69) is 62.5 Å². The first kappa shape index (κ1) is 57.6. The van der Waals surface area contributed by atoms with Gasteiger partial charge in [0.15, 0.2) is 0 Å². The Kier molecular flexibility index (Phi) is 45.7. The monoisotopic (exact) mass is 840 g/mol. The van der Waals surface area contributed by atoms with E-state index in [9.17, 15) is 19.8 Å². The van der Waals surface area contributed by atoms with E-state index in [0.717, 1.165) is 70.6 Å². The fraction of sp³-hybridized carbons (Fsp3) is 0.778. The molecule has 0 aliphatic rings. The SMILES string of the molecule is CC/C=C/C=C/C=C/C=C\CCCCCC(CC(=O)NC(CO)C(O)CCCCCCCCCCCCC)OC(=O)CCCCCCCCC/C=C/CCCCCCCC. The van der Waals surface area contributed by atoms with E-state index in [1.807, 2.05) is 24.3 Å². The summed E-state index contributed by atoms with van der Waals surface area (Å²) in [5.74, 6) is -0.517.